The summed E-state index contributed by atoms with van der Waals surface area (Å²) in [6.07, 6.45) is 0.740. The lowest BCUT2D eigenvalue weighted by Crippen LogP contribution is -2.34. The fourth-order valence-corrected chi connectivity index (χ4v) is 4.05. The number of hydrogen-bond acceptors (Lipinski definition) is 3. The minimum absolute atomic E-state index is 0.0958. The lowest BCUT2D eigenvalue weighted by molar-refractivity contribution is -0.118. The minimum atomic E-state index is -0.0958. The second-order valence-electron chi connectivity index (χ2n) is 4.12. The monoisotopic (exact) mass is 472 g/mol. The Morgan fingerprint density at radius 2 is 1.89 bits per heavy atom. The maximum absolute atomic E-state index is 11.4. The van der Waals surface area contributed by atoms with E-state index >= 15 is 0 Å². The number of carbonyl (C=O) groups excluding carboxylic acids is 1. The first-order valence-corrected chi connectivity index (χ1v) is 8.04. The van der Waals surface area contributed by atoms with E-state index in [0.717, 1.165) is 13.0 Å². The maximum atomic E-state index is 11.4. The Morgan fingerprint density at radius 3 is 2.28 bits per heavy atom. The third-order valence-corrected chi connectivity index (χ3v) is 4.44. The van der Waals surface area contributed by atoms with E-state index in [2.05, 4.69) is 74.9 Å². The number of Topliss-reactive ketones (excluding diaryl/α,β-unsaturated/α-hetero) is 1. The third-order valence-electron chi connectivity index (χ3n) is 2.73. The molecule has 5 heteroatoms. The quantitative estimate of drug-likeness (QED) is 0.626. The minimum Gasteiger partial charge on any atom is -0.384 e. The smallest absolute Gasteiger partial charge is 0.147 e. The van der Waals surface area contributed by atoms with Crippen LogP contribution in [0.4, 0.5) is 5.69 Å². The van der Waals surface area contributed by atoms with Crippen molar-refractivity contribution in [2.24, 2.45) is 0 Å². The molecule has 0 aliphatic carbocycles. The molecule has 1 atom stereocenters. The summed E-state index contributed by atoms with van der Waals surface area (Å²) in [7, 11) is 1.83. The number of rotatable bonds is 6. The van der Waals surface area contributed by atoms with Crippen molar-refractivity contribution < 1.29 is 4.79 Å². The van der Waals surface area contributed by atoms with Crippen molar-refractivity contribution in [3.8, 4) is 0 Å². The zero-order chi connectivity index (χ0) is 13.7. The third kappa shape index (κ3) is 4.34. The molecular weight excluding hydrogens is 454 g/mol. The molecule has 18 heavy (non-hydrogen) atoms. The van der Waals surface area contributed by atoms with Gasteiger partial charge in [0.25, 0.3) is 0 Å². The van der Waals surface area contributed by atoms with E-state index in [-0.39, 0.29) is 11.8 Å². The van der Waals surface area contributed by atoms with Gasteiger partial charge in [-0.05, 0) is 90.2 Å². The topological polar surface area (TPSA) is 41.1 Å². The molecule has 0 heterocycles. The summed E-state index contributed by atoms with van der Waals surface area (Å²) in [5.41, 5.74) is 2.38. The van der Waals surface area contributed by atoms with Gasteiger partial charge in [-0.1, -0.05) is 0 Å². The highest BCUT2D eigenvalue weighted by atomic mass is 127. The molecular formula is C13H18I2N2O. The van der Waals surface area contributed by atoms with Gasteiger partial charge in [-0.25, -0.2) is 0 Å². The number of benzene rings is 1. The molecule has 0 bridgehead atoms. The van der Waals surface area contributed by atoms with Crippen molar-refractivity contribution in [2.45, 2.75) is 26.3 Å². The predicted molar refractivity (Wildman–Crippen MR) is 93.3 cm³/mol. The summed E-state index contributed by atoms with van der Waals surface area (Å²) >= 11 is 4.68. The molecule has 1 rings (SSSR count). The Hall–Kier alpha value is 0.110. The van der Waals surface area contributed by atoms with Crippen molar-refractivity contribution >= 4 is 56.7 Å². The number of halogens is 2. The van der Waals surface area contributed by atoms with Gasteiger partial charge in [-0.3, -0.25) is 4.79 Å². The number of hydrogen-bond donors (Lipinski definition) is 2. The fourth-order valence-electron chi connectivity index (χ4n) is 1.77. The van der Waals surface area contributed by atoms with E-state index in [1.165, 1.54) is 18.4 Å². The molecule has 0 aromatic heterocycles. The van der Waals surface area contributed by atoms with Crippen LogP contribution in [0.15, 0.2) is 12.1 Å². The van der Waals surface area contributed by atoms with Crippen molar-refractivity contribution in [1.29, 1.82) is 0 Å². The van der Waals surface area contributed by atoms with Crippen LogP contribution in [0.3, 0.4) is 0 Å². The summed E-state index contributed by atoms with van der Waals surface area (Å²) in [6.45, 7) is 4.63. The fraction of sp³-hybridized carbons (Fsp3) is 0.462. The van der Waals surface area contributed by atoms with Crippen molar-refractivity contribution in [3.63, 3.8) is 0 Å². The largest absolute Gasteiger partial charge is 0.384 e. The van der Waals surface area contributed by atoms with Crippen LogP contribution in [0.2, 0.25) is 0 Å². The lowest BCUT2D eigenvalue weighted by atomic mass is 10.0. The van der Waals surface area contributed by atoms with E-state index in [1.54, 1.807) is 6.92 Å². The molecule has 0 unspecified atom stereocenters. The first-order valence-electron chi connectivity index (χ1n) is 5.89. The van der Waals surface area contributed by atoms with Gasteiger partial charge in [-0.2, -0.15) is 0 Å². The van der Waals surface area contributed by atoms with E-state index in [4.69, 9.17) is 0 Å². The highest BCUT2D eigenvalue weighted by Crippen LogP contribution is 2.27. The SMILES string of the molecule is CCNc1c(I)cc(C[C@H](NC)C(C)=O)cc1I. The summed E-state index contributed by atoms with van der Waals surface area (Å²) in [5.74, 6) is 0.179. The van der Waals surface area contributed by atoms with Gasteiger partial charge < -0.3 is 10.6 Å². The average Bonchev–Trinajstić information content (AvgIpc) is 2.30. The van der Waals surface area contributed by atoms with Gasteiger partial charge in [0, 0.05) is 13.7 Å². The van der Waals surface area contributed by atoms with Gasteiger partial charge >= 0.3 is 0 Å². The molecule has 1 aromatic rings. The van der Waals surface area contributed by atoms with E-state index in [1.807, 2.05) is 7.05 Å². The van der Waals surface area contributed by atoms with Crippen molar-refractivity contribution in [1.82, 2.24) is 5.32 Å². The molecule has 0 saturated carbocycles. The van der Waals surface area contributed by atoms with Crippen LogP contribution < -0.4 is 10.6 Å². The first-order chi connectivity index (χ1) is 8.49. The molecule has 0 spiro atoms. The zero-order valence-corrected chi connectivity index (χ0v) is 15.1. The van der Waals surface area contributed by atoms with Crippen molar-refractivity contribution in [2.75, 3.05) is 18.9 Å². The molecule has 3 nitrogen and oxygen atoms in total. The standard InChI is InChI=1S/C13H18I2N2O/c1-4-17-13-10(14)5-9(6-11(13)15)7-12(16-3)8(2)18/h5-6,12,16-17H,4,7H2,1-3H3/t12-/m0/s1. The van der Waals surface area contributed by atoms with Crippen LogP contribution in [0.5, 0.6) is 0 Å². The zero-order valence-electron chi connectivity index (χ0n) is 10.8. The lowest BCUT2D eigenvalue weighted by Gasteiger charge is -2.15. The maximum Gasteiger partial charge on any atom is 0.147 e. The molecule has 2 N–H and O–H groups in total. The summed E-state index contributed by atoms with van der Waals surface area (Å²) in [5, 5.41) is 6.42. The number of carbonyl (C=O) groups is 1. The molecule has 0 fully saturated rings. The van der Waals surface area contributed by atoms with Crippen molar-refractivity contribution in [3.05, 3.63) is 24.8 Å². The second kappa shape index (κ2) is 7.64. The van der Waals surface area contributed by atoms with Crippen LogP contribution >= 0.6 is 45.2 Å². The highest BCUT2D eigenvalue weighted by Gasteiger charge is 2.14. The summed E-state index contributed by atoms with van der Waals surface area (Å²) in [6, 6.07) is 4.20. The molecule has 0 radical (unpaired) electrons. The molecule has 1 aromatic carbocycles. The Balaban J connectivity index is 2.95. The first kappa shape index (κ1) is 16.2. The Kier molecular flexibility index (Phi) is 6.86. The molecule has 0 saturated heterocycles. The Bertz CT molecular complexity index is 412. The van der Waals surface area contributed by atoms with Gasteiger partial charge in [0.15, 0.2) is 0 Å². The van der Waals surface area contributed by atoms with Crippen LogP contribution in [-0.2, 0) is 11.2 Å². The van der Waals surface area contributed by atoms with E-state index in [9.17, 15) is 4.79 Å². The summed E-state index contributed by atoms with van der Waals surface area (Å²) < 4.78 is 2.41. The molecule has 0 aliphatic heterocycles. The normalized spacial score (nSPS) is 12.3. The van der Waals surface area contributed by atoms with E-state index in [0.29, 0.717) is 0 Å². The molecule has 0 amide bonds. The van der Waals surface area contributed by atoms with Crippen LogP contribution in [0, 0.1) is 7.14 Å². The number of ketones is 1. The number of likely N-dealkylation sites (N-methyl/N-ethyl adjacent to an activating group) is 1. The molecule has 100 valence electrons. The Morgan fingerprint density at radius 1 is 1.33 bits per heavy atom. The van der Waals surface area contributed by atoms with Crippen LogP contribution in [-0.4, -0.2) is 25.4 Å². The second-order valence-corrected chi connectivity index (χ2v) is 6.45. The van der Waals surface area contributed by atoms with Gasteiger partial charge in [-0.15, -0.1) is 0 Å². The van der Waals surface area contributed by atoms with Gasteiger partial charge in [0.05, 0.1) is 11.7 Å². The number of nitrogens with one attached hydrogen (secondary N) is 2. The number of anilines is 1. The van der Waals surface area contributed by atoms with Crippen LogP contribution in [0.1, 0.15) is 19.4 Å². The predicted octanol–water partition coefficient (Wildman–Crippen LogP) is 3.05. The van der Waals surface area contributed by atoms with E-state index < -0.39 is 0 Å². The average molecular weight is 472 g/mol. The Labute approximate surface area is 136 Å². The molecule has 0 aliphatic rings. The highest BCUT2D eigenvalue weighted by molar-refractivity contribution is 14.1. The van der Waals surface area contributed by atoms with Crippen LogP contribution in [0.25, 0.3) is 0 Å². The summed E-state index contributed by atoms with van der Waals surface area (Å²) in [4.78, 5) is 11.4. The van der Waals surface area contributed by atoms with Gasteiger partial charge in [0.1, 0.15) is 5.78 Å². The van der Waals surface area contributed by atoms with Gasteiger partial charge in [0.2, 0.25) is 0 Å².